The lowest BCUT2D eigenvalue weighted by Gasteiger charge is -2.10. The third-order valence-electron chi connectivity index (χ3n) is 1.90. The maximum atomic E-state index is 11.4. The summed E-state index contributed by atoms with van der Waals surface area (Å²) in [5.41, 5.74) is 5.33. The molecule has 6 nitrogen and oxygen atoms in total. The molecule has 0 aromatic heterocycles. The summed E-state index contributed by atoms with van der Waals surface area (Å²) in [6.45, 7) is 1.85. The zero-order chi connectivity index (χ0) is 12.8. The van der Waals surface area contributed by atoms with Gasteiger partial charge in [-0.25, -0.2) is 13.1 Å². The van der Waals surface area contributed by atoms with Crippen LogP contribution >= 0.6 is 12.2 Å². The summed E-state index contributed by atoms with van der Waals surface area (Å²) in [5, 5.41) is 0. The number of rotatable bonds is 7. The molecule has 0 saturated carbocycles. The van der Waals surface area contributed by atoms with E-state index in [2.05, 4.69) is 9.46 Å². The molecule has 0 aromatic rings. The highest BCUT2D eigenvalue weighted by Crippen LogP contribution is 1.96. The van der Waals surface area contributed by atoms with Crippen LogP contribution < -0.4 is 10.5 Å². The lowest BCUT2D eigenvalue weighted by molar-refractivity contribution is -0.140. The molecule has 16 heavy (non-hydrogen) atoms. The maximum absolute atomic E-state index is 11.4. The molecule has 0 aliphatic rings. The van der Waals surface area contributed by atoms with Gasteiger partial charge in [0.25, 0.3) is 0 Å². The lowest BCUT2D eigenvalue weighted by Crippen LogP contribution is -2.35. The minimum absolute atomic E-state index is 0.138. The van der Waals surface area contributed by atoms with E-state index >= 15 is 0 Å². The third kappa shape index (κ3) is 6.70. The Hall–Kier alpha value is -0.730. The number of esters is 1. The van der Waals surface area contributed by atoms with Gasteiger partial charge in [-0.1, -0.05) is 19.1 Å². The number of ether oxygens (including phenoxy) is 1. The molecule has 8 heteroatoms. The monoisotopic (exact) mass is 268 g/mol. The van der Waals surface area contributed by atoms with E-state index in [4.69, 9.17) is 18.0 Å². The first-order valence-corrected chi connectivity index (χ1v) is 6.68. The summed E-state index contributed by atoms with van der Waals surface area (Å²) < 4.78 is 29.4. The Labute approximate surface area is 101 Å². The van der Waals surface area contributed by atoms with Crippen molar-refractivity contribution in [2.24, 2.45) is 11.7 Å². The number of carbonyl (C=O) groups is 1. The molecule has 0 aliphatic carbocycles. The topological polar surface area (TPSA) is 98.5 Å². The zero-order valence-corrected chi connectivity index (χ0v) is 10.9. The SMILES string of the molecule is COC(=O)CCS(=O)(=O)NCC(C)C(N)=S. The van der Waals surface area contributed by atoms with Crippen LogP contribution in [0.1, 0.15) is 13.3 Å². The van der Waals surface area contributed by atoms with Crippen molar-refractivity contribution in [3.63, 3.8) is 0 Å². The van der Waals surface area contributed by atoms with Crippen LogP contribution in [0.15, 0.2) is 0 Å². The van der Waals surface area contributed by atoms with Gasteiger partial charge < -0.3 is 10.5 Å². The van der Waals surface area contributed by atoms with Gasteiger partial charge in [-0.3, -0.25) is 4.79 Å². The number of carbonyl (C=O) groups excluding carboxylic acids is 1. The molecule has 3 N–H and O–H groups in total. The van der Waals surface area contributed by atoms with Gasteiger partial charge in [0.2, 0.25) is 10.0 Å². The fourth-order valence-corrected chi connectivity index (χ4v) is 1.91. The normalized spacial score (nSPS) is 13.1. The lowest BCUT2D eigenvalue weighted by atomic mass is 10.2. The van der Waals surface area contributed by atoms with Crippen molar-refractivity contribution in [3.8, 4) is 0 Å². The van der Waals surface area contributed by atoms with Crippen molar-refractivity contribution in [2.75, 3.05) is 19.4 Å². The molecule has 0 saturated heterocycles. The summed E-state index contributed by atoms with van der Waals surface area (Å²) >= 11 is 4.70. The average Bonchev–Trinajstić information content (AvgIpc) is 2.22. The van der Waals surface area contributed by atoms with Crippen molar-refractivity contribution < 1.29 is 17.9 Å². The molecule has 1 unspecified atom stereocenters. The molecule has 0 heterocycles. The molecule has 0 rings (SSSR count). The van der Waals surface area contributed by atoms with Crippen molar-refractivity contribution in [1.29, 1.82) is 0 Å². The number of nitrogens with two attached hydrogens (primary N) is 1. The Morgan fingerprint density at radius 2 is 2.12 bits per heavy atom. The van der Waals surface area contributed by atoms with Crippen molar-refractivity contribution in [2.45, 2.75) is 13.3 Å². The summed E-state index contributed by atoms with van der Waals surface area (Å²) in [7, 11) is -2.28. The van der Waals surface area contributed by atoms with Crippen molar-refractivity contribution >= 4 is 33.2 Å². The quantitative estimate of drug-likeness (QED) is 0.472. The molecule has 1 atom stereocenters. The second kappa shape index (κ2) is 6.77. The summed E-state index contributed by atoms with van der Waals surface area (Å²) in [4.78, 5) is 11.0. The highest BCUT2D eigenvalue weighted by Gasteiger charge is 2.15. The van der Waals surface area contributed by atoms with Gasteiger partial charge in [-0.05, 0) is 0 Å². The fourth-order valence-electron chi connectivity index (χ4n) is 0.744. The van der Waals surface area contributed by atoms with E-state index in [1.54, 1.807) is 6.92 Å². The summed E-state index contributed by atoms with van der Waals surface area (Å²) in [5.74, 6) is -1.08. The van der Waals surface area contributed by atoms with E-state index in [1.165, 1.54) is 7.11 Å². The smallest absolute Gasteiger partial charge is 0.306 e. The van der Waals surface area contributed by atoms with Crippen molar-refractivity contribution in [1.82, 2.24) is 4.72 Å². The molecule has 0 spiro atoms. The molecule has 0 aromatic carbocycles. The van der Waals surface area contributed by atoms with Gasteiger partial charge in [0.15, 0.2) is 0 Å². The van der Waals surface area contributed by atoms with Gasteiger partial charge >= 0.3 is 5.97 Å². The van der Waals surface area contributed by atoms with Crippen LogP contribution in [0.4, 0.5) is 0 Å². The predicted octanol–water partition coefficient (Wildman–Crippen LogP) is -0.609. The number of thiocarbonyl (C=S) groups is 1. The first-order valence-electron chi connectivity index (χ1n) is 4.62. The van der Waals surface area contributed by atoms with Crippen LogP contribution in [0.2, 0.25) is 0 Å². The fraction of sp³-hybridized carbons (Fsp3) is 0.750. The Balaban J connectivity index is 4.06. The minimum atomic E-state index is -3.48. The molecule has 0 fully saturated rings. The zero-order valence-electron chi connectivity index (χ0n) is 9.23. The summed E-state index contributed by atoms with van der Waals surface area (Å²) in [6, 6.07) is 0. The largest absolute Gasteiger partial charge is 0.469 e. The molecular weight excluding hydrogens is 252 g/mol. The summed E-state index contributed by atoms with van der Waals surface area (Å²) in [6.07, 6.45) is -0.173. The molecule has 0 bridgehead atoms. The van der Waals surface area contributed by atoms with Crippen LogP contribution in [0.5, 0.6) is 0 Å². The highest BCUT2D eigenvalue weighted by atomic mass is 32.2. The van der Waals surface area contributed by atoms with Gasteiger partial charge in [0.05, 0.1) is 24.3 Å². The highest BCUT2D eigenvalue weighted by molar-refractivity contribution is 7.89. The Kier molecular flexibility index (Phi) is 6.46. The maximum Gasteiger partial charge on any atom is 0.306 e. The molecule has 0 amide bonds. The Morgan fingerprint density at radius 1 is 1.56 bits per heavy atom. The van der Waals surface area contributed by atoms with E-state index in [9.17, 15) is 13.2 Å². The second-order valence-electron chi connectivity index (χ2n) is 3.30. The molecule has 94 valence electrons. The van der Waals surface area contributed by atoms with Crippen LogP contribution in [0.25, 0.3) is 0 Å². The number of hydrogen-bond donors (Lipinski definition) is 2. The van der Waals surface area contributed by atoms with E-state index in [-0.39, 0.29) is 29.6 Å². The number of nitrogens with one attached hydrogen (secondary N) is 1. The van der Waals surface area contributed by atoms with Crippen LogP contribution in [-0.4, -0.2) is 38.8 Å². The van der Waals surface area contributed by atoms with Gasteiger partial charge in [-0.2, -0.15) is 0 Å². The average molecular weight is 268 g/mol. The number of methoxy groups -OCH3 is 1. The Bertz CT molecular complexity index is 353. The predicted molar refractivity (Wildman–Crippen MR) is 64.4 cm³/mol. The van der Waals surface area contributed by atoms with Gasteiger partial charge in [0, 0.05) is 12.5 Å². The number of hydrogen-bond acceptors (Lipinski definition) is 5. The molecular formula is C8H16N2O4S2. The van der Waals surface area contributed by atoms with Crippen LogP contribution in [0, 0.1) is 5.92 Å². The van der Waals surface area contributed by atoms with Crippen molar-refractivity contribution in [3.05, 3.63) is 0 Å². The van der Waals surface area contributed by atoms with Gasteiger partial charge in [-0.15, -0.1) is 0 Å². The second-order valence-corrected chi connectivity index (χ2v) is 5.69. The first kappa shape index (κ1) is 15.3. The first-order chi connectivity index (χ1) is 7.28. The standard InChI is InChI=1S/C8H16N2O4S2/c1-6(8(9)15)5-10-16(12,13)4-3-7(11)14-2/h6,10H,3-5H2,1-2H3,(H2,9,15). The van der Waals surface area contributed by atoms with Gasteiger partial charge in [0.1, 0.15) is 0 Å². The van der Waals surface area contributed by atoms with E-state index in [0.717, 1.165) is 0 Å². The molecule has 0 aliphatic heterocycles. The van der Waals surface area contributed by atoms with Crippen LogP contribution in [0.3, 0.4) is 0 Å². The number of sulfonamides is 1. The molecule has 0 radical (unpaired) electrons. The minimum Gasteiger partial charge on any atom is -0.469 e. The Morgan fingerprint density at radius 3 is 2.56 bits per heavy atom. The van der Waals surface area contributed by atoms with Crippen LogP contribution in [-0.2, 0) is 19.6 Å². The van der Waals surface area contributed by atoms with E-state index < -0.39 is 16.0 Å². The van der Waals surface area contributed by atoms with E-state index in [1.807, 2.05) is 0 Å². The third-order valence-corrected chi connectivity index (χ3v) is 3.65. The van der Waals surface area contributed by atoms with E-state index in [0.29, 0.717) is 0 Å².